The minimum absolute atomic E-state index is 0.296. The van der Waals surface area contributed by atoms with Crippen LogP contribution in [0.5, 0.6) is 5.75 Å². The molecule has 2 N–H and O–H groups in total. The third kappa shape index (κ3) is 8.35. The lowest BCUT2D eigenvalue weighted by atomic mass is 10.3. The fraction of sp³-hybridized carbons (Fsp3) is 0.562. The van der Waals surface area contributed by atoms with E-state index in [2.05, 4.69) is 15.6 Å². The Balaban J connectivity index is 2.28. The van der Waals surface area contributed by atoms with Crippen molar-refractivity contribution < 1.29 is 18.3 Å². The minimum Gasteiger partial charge on any atom is -0.492 e. The average molecular weight is 329 g/mol. The van der Waals surface area contributed by atoms with Gasteiger partial charge in [-0.05, 0) is 32.4 Å². The van der Waals surface area contributed by atoms with Crippen molar-refractivity contribution in [2.24, 2.45) is 4.99 Å². The van der Waals surface area contributed by atoms with E-state index in [9.17, 15) is 8.78 Å². The van der Waals surface area contributed by atoms with Crippen molar-refractivity contribution in [1.82, 2.24) is 10.6 Å². The number of ether oxygens (including phenoxy) is 2. The van der Waals surface area contributed by atoms with Crippen molar-refractivity contribution in [2.45, 2.75) is 20.3 Å². The fourth-order valence-corrected chi connectivity index (χ4v) is 1.75. The van der Waals surface area contributed by atoms with Crippen molar-refractivity contribution in [1.29, 1.82) is 0 Å². The SMILES string of the molecule is CCNC(=NCCCOCC)NCCOc1ccc(F)c(F)c1. The fourth-order valence-electron chi connectivity index (χ4n) is 1.75. The summed E-state index contributed by atoms with van der Waals surface area (Å²) in [5, 5.41) is 6.23. The summed E-state index contributed by atoms with van der Waals surface area (Å²) in [5.41, 5.74) is 0. The lowest BCUT2D eigenvalue weighted by molar-refractivity contribution is 0.146. The van der Waals surface area contributed by atoms with E-state index in [1.54, 1.807) is 0 Å². The Morgan fingerprint density at radius 2 is 1.96 bits per heavy atom. The van der Waals surface area contributed by atoms with Crippen LogP contribution in [-0.2, 0) is 4.74 Å². The predicted octanol–water partition coefficient (Wildman–Crippen LogP) is 2.33. The van der Waals surface area contributed by atoms with Gasteiger partial charge in [-0.3, -0.25) is 4.99 Å². The molecule has 5 nitrogen and oxygen atoms in total. The molecule has 0 heterocycles. The molecule has 1 rings (SSSR count). The van der Waals surface area contributed by atoms with E-state index in [0.717, 1.165) is 25.1 Å². The Hall–Kier alpha value is -1.89. The number of nitrogens with one attached hydrogen (secondary N) is 2. The highest BCUT2D eigenvalue weighted by Gasteiger charge is 2.03. The number of aliphatic imine (C=N–C) groups is 1. The molecule has 0 amide bonds. The molecular weight excluding hydrogens is 304 g/mol. The second kappa shape index (κ2) is 11.6. The number of nitrogens with zero attached hydrogens (tertiary/aromatic N) is 1. The van der Waals surface area contributed by atoms with Gasteiger partial charge < -0.3 is 20.1 Å². The topological polar surface area (TPSA) is 54.9 Å². The summed E-state index contributed by atoms with van der Waals surface area (Å²) in [4.78, 5) is 4.40. The maximum Gasteiger partial charge on any atom is 0.191 e. The highest BCUT2D eigenvalue weighted by Crippen LogP contribution is 2.14. The molecule has 0 aliphatic heterocycles. The monoisotopic (exact) mass is 329 g/mol. The molecule has 0 bridgehead atoms. The second-order valence-corrected chi connectivity index (χ2v) is 4.66. The molecule has 0 aliphatic carbocycles. The van der Waals surface area contributed by atoms with Crippen LogP contribution in [0.3, 0.4) is 0 Å². The molecule has 0 unspecified atom stereocenters. The Labute approximate surface area is 136 Å². The summed E-state index contributed by atoms with van der Waals surface area (Å²) in [5.74, 6) is -0.814. The molecule has 7 heteroatoms. The van der Waals surface area contributed by atoms with E-state index < -0.39 is 11.6 Å². The first-order valence-corrected chi connectivity index (χ1v) is 7.85. The van der Waals surface area contributed by atoms with Crippen LogP contribution in [0.1, 0.15) is 20.3 Å². The molecular formula is C16H25F2N3O2. The maximum absolute atomic E-state index is 13.0. The van der Waals surface area contributed by atoms with Gasteiger partial charge >= 0.3 is 0 Å². The first-order valence-electron chi connectivity index (χ1n) is 7.85. The molecule has 0 saturated carbocycles. The molecule has 0 fully saturated rings. The predicted molar refractivity (Wildman–Crippen MR) is 86.9 cm³/mol. The first-order chi connectivity index (χ1) is 11.2. The van der Waals surface area contributed by atoms with E-state index >= 15 is 0 Å². The first kappa shape index (κ1) is 19.2. The molecule has 0 saturated heterocycles. The van der Waals surface area contributed by atoms with Gasteiger partial charge in [-0.15, -0.1) is 0 Å². The summed E-state index contributed by atoms with van der Waals surface area (Å²) in [6.45, 7) is 7.57. The van der Waals surface area contributed by atoms with Crippen molar-refractivity contribution in [3.8, 4) is 5.75 Å². The lowest BCUT2D eigenvalue weighted by Crippen LogP contribution is -2.39. The minimum atomic E-state index is -0.917. The van der Waals surface area contributed by atoms with Gasteiger partial charge in [0.05, 0.1) is 6.54 Å². The van der Waals surface area contributed by atoms with Crippen molar-refractivity contribution in [3.63, 3.8) is 0 Å². The Morgan fingerprint density at radius 3 is 2.65 bits per heavy atom. The van der Waals surface area contributed by atoms with Gasteiger partial charge in [0.15, 0.2) is 17.6 Å². The van der Waals surface area contributed by atoms with Crippen LogP contribution in [0, 0.1) is 11.6 Å². The average Bonchev–Trinajstić information content (AvgIpc) is 2.54. The molecule has 23 heavy (non-hydrogen) atoms. The maximum atomic E-state index is 13.0. The zero-order valence-electron chi connectivity index (χ0n) is 13.7. The summed E-state index contributed by atoms with van der Waals surface area (Å²) in [7, 11) is 0. The molecule has 130 valence electrons. The summed E-state index contributed by atoms with van der Waals surface area (Å²) in [6.07, 6.45) is 0.857. The number of hydrogen-bond acceptors (Lipinski definition) is 3. The molecule has 1 aromatic rings. The molecule has 0 radical (unpaired) electrons. The van der Waals surface area contributed by atoms with Crippen LogP contribution in [0.25, 0.3) is 0 Å². The van der Waals surface area contributed by atoms with Crippen LogP contribution >= 0.6 is 0 Å². The third-order valence-corrected chi connectivity index (χ3v) is 2.82. The second-order valence-electron chi connectivity index (χ2n) is 4.66. The number of guanidine groups is 1. The van der Waals surface area contributed by atoms with E-state index in [0.29, 0.717) is 44.6 Å². The zero-order valence-corrected chi connectivity index (χ0v) is 13.7. The quantitative estimate of drug-likeness (QED) is 0.393. The van der Waals surface area contributed by atoms with Gasteiger partial charge in [-0.2, -0.15) is 0 Å². The van der Waals surface area contributed by atoms with Gasteiger partial charge in [0.2, 0.25) is 0 Å². The highest BCUT2D eigenvalue weighted by atomic mass is 19.2. The summed E-state index contributed by atoms with van der Waals surface area (Å²) < 4.78 is 36.4. The van der Waals surface area contributed by atoms with E-state index in [1.807, 2.05) is 13.8 Å². The van der Waals surface area contributed by atoms with Crippen molar-refractivity contribution >= 4 is 5.96 Å². The smallest absolute Gasteiger partial charge is 0.191 e. The van der Waals surface area contributed by atoms with Crippen LogP contribution < -0.4 is 15.4 Å². The number of benzene rings is 1. The van der Waals surface area contributed by atoms with E-state index in [4.69, 9.17) is 9.47 Å². The Kier molecular flexibility index (Phi) is 9.70. The molecule has 1 aromatic carbocycles. The largest absolute Gasteiger partial charge is 0.492 e. The van der Waals surface area contributed by atoms with Gasteiger partial charge in [-0.1, -0.05) is 0 Å². The highest BCUT2D eigenvalue weighted by molar-refractivity contribution is 5.79. The van der Waals surface area contributed by atoms with Crippen LogP contribution in [0.4, 0.5) is 8.78 Å². The summed E-state index contributed by atoms with van der Waals surface area (Å²) >= 11 is 0. The van der Waals surface area contributed by atoms with Gasteiger partial charge in [-0.25, -0.2) is 8.78 Å². The van der Waals surface area contributed by atoms with Crippen molar-refractivity contribution in [3.05, 3.63) is 29.8 Å². The molecule has 0 aromatic heterocycles. The molecule has 0 spiro atoms. The molecule has 0 aliphatic rings. The van der Waals surface area contributed by atoms with Crippen molar-refractivity contribution in [2.75, 3.05) is 39.5 Å². The normalized spacial score (nSPS) is 11.4. The van der Waals surface area contributed by atoms with Crippen LogP contribution in [-0.4, -0.2) is 45.4 Å². The van der Waals surface area contributed by atoms with E-state index in [1.165, 1.54) is 6.07 Å². The van der Waals surface area contributed by atoms with Gasteiger partial charge in [0.1, 0.15) is 12.4 Å². The number of hydrogen-bond donors (Lipinski definition) is 2. The molecule has 0 atom stereocenters. The Bertz CT molecular complexity index is 484. The van der Waals surface area contributed by atoms with E-state index in [-0.39, 0.29) is 0 Å². The zero-order chi connectivity index (χ0) is 16.9. The van der Waals surface area contributed by atoms with Crippen LogP contribution in [0.15, 0.2) is 23.2 Å². The standard InChI is InChI=1S/C16H25F2N3O2/c1-3-19-16(20-8-5-10-22-4-2)21-9-11-23-13-6-7-14(17)15(18)12-13/h6-7,12H,3-5,8-11H2,1-2H3,(H2,19,20,21). The Morgan fingerprint density at radius 1 is 1.13 bits per heavy atom. The van der Waals surface area contributed by atoms with Gasteiger partial charge in [0.25, 0.3) is 0 Å². The lowest BCUT2D eigenvalue weighted by Gasteiger charge is -2.12. The number of halogens is 2. The van der Waals surface area contributed by atoms with Crippen LogP contribution in [0.2, 0.25) is 0 Å². The number of rotatable bonds is 10. The van der Waals surface area contributed by atoms with Gasteiger partial charge in [0, 0.05) is 32.4 Å². The summed E-state index contributed by atoms with van der Waals surface area (Å²) in [6, 6.07) is 3.47. The third-order valence-electron chi connectivity index (χ3n) is 2.82.